The van der Waals surface area contributed by atoms with Gasteiger partial charge in [0.15, 0.2) is 15.8 Å². The number of rotatable bonds is 9. The minimum Gasteiger partial charge on any atom is -0.494 e. The smallest absolute Gasteiger partial charge is 0.190 e. The predicted molar refractivity (Wildman–Crippen MR) is 129 cm³/mol. The van der Waals surface area contributed by atoms with Gasteiger partial charge in [-0.15, -0.1) is 24.0 Å². The number of halogens is 1. The second-order valence-electron chi connectivity index (χ2n) is 6.38. The van der Waals surface area contributed by atoms with Gasteiger partial charge in [0.25, 0.3) is 0 Å². The van der Waals surface area contributed by atoms with Gasteiger partial charge in [0.2, 0.25) is 0 Å². The van der Waals surface area contributed by atoms with E-state index in [1.807, 2.05) is 37.3 Å². The second kappa shape index (κ2) is 12.7. The maximum Gasteiger partial charge on any atom is 0.190 e. The molecular weight excluding hydrogens is 501 g/mol. The zero-order chi connectivity index (χ0) is 20.4. The quantitative estimate of drug-likeness (QED) is 0.296. The molecule has 0 saturated heterocycles. The van der Waals surface area contributed by atoms with Crippen molar-refractivity contribution >= 4 is 39.8 Å². The zero-order valence-electron chi connectivity index (χ0n) is 17.1. The summed E-state index contributed by atoms with van der Waals surface area (Å²) in [7, 11) is -1.41. The minimum absolute atomic E-state index is 0. The molecular formula is C21H30IN3O3S. The summed E-state index contributed by atoms with van der Waals surface area (Å²) < 4.78 is 28.7. The molecule has 0 spiro atoms. The molecule has 0 bridgehead atoms. The Morgan fingerprint density at radius 1 is 1.00 bits per heavy atom. The van der Waals surface area contributed by atoms with Crippen LogP contribution in [0.2, 0.25) is 0 Å². The van der Waals surface area contributed by atoms with Gasteiger partial charge in [-0.3, -0.25) is 4.99 Å². The van der Waals surface area contributed by atoms with Crippen molar-refractivity contribution in [2.24, 2.45) is 4.99 Å². The van der Waals surface area contributed by atoms with Crippen LogP contribution in [-0.4, -0.2) is 47.4 Å². The lowest BCUT2D eigenvalue weighted by molar-refractivity contribution is 0.336. The van der Waals surface area contributed by atoms with Crippen molar-refractivity contribution in [3.8, 4) is 5.75 Å². The van der Waals surface area contributed by atoms with Crippen molar-refractivity contribution in [1.82, 2.24) is 10.6 Å². The van der Waals surface area contributed by atoms with Gasteiger partial charge in [0.1, 0.15) is 5.75 Å². The monoisotopic (exact) mass is 531 g/mol. The maximum absolute atomic E-state index is 11.5. The summed E-state index contributed by atoms with van der Waals surface area (Å²) in [4.78, 5) is 4.58. The van der Waals surface area contributed by atoms with Crippen LogP contribution >= 0.6 is 24.0 Å². The van der Waals surface area contributed by atoms with Gasteiger partial charge in [-0.1, -0.05) is 30.3 Å². The van der Waals surface area contributed by atoms with Crippen LogP contribution in [0.3, 0.4) is 0 Å². The lowest BCUT2D eigenvalue weighted by Crippen LogP contribution is -2.39. The van der Waals surface area contributed by atoms with Gasteiger partial charge < -0.3 is 15.4 Å². The van der Waals surface area contributed by atoms with Gasteiger partial charge in [0.05, 0.1) is 11.5 Å². The molecule has 0 saturated carbocycles. The fourth-order valence-corrected chi connectivity index (χ4v) is 3.40. The molecule has 0 aromatic heterocycles. The largest absolute Gasteiger partial charge is 0.494 e. The number of guanidine groups is 1. The van der Waals surface area contributed by atoms with Gasteiger partial charge in [-0.05, 0) is 49.1 Å². The molecule has 0 fully saturated rings. The van der Waals surface area contributed by atoms with Gasteiger partial charge >= 0.3 is 0 Å². The Hall–Kier alpha value is -1.81. The molecule has 0 aliphatic rings. The molecule has 0 amide bonds. The Bertz CT molecular complexity index is 884. The van der Waals surface area contributed by atoms with E-state index in [0.29, 0.717) is 18.0 Å². The van der Waals surface area contributed by atoms with Gasteiger partial charge in [-0.25, -0.2) is 8.42 Å². The highest BCUT2D eigenvalue weighted by molar-refractivity contribution is 14.0. The van der Waals surface area contributed by atoms with Crippen molar-refractivity contribution in [3.05, 3.63) is 59.7 Å². The average molecular weight is 531 g/mol. The summed E-state index contributed by atoms with van der Waals surface area (Å²) in [5, 5.41) is 6.58. The zero-order valence-corrected chi connectivity index (χ0v) is 20.3. The highest BCUT2D eigenvalue weighted by Gasteiger charge is 2.06. The van der Waals surface area contributed by atoms with E-state index < -0.39 is 9.84 Å². The number of sulfone groups is 1. The highest BCUT2D eigenvalue weighted by atomic mass is 127. The molecule has 0 aliphatic heterocycles. The highest BCUT2D eigenvalue weighted by Crippen LogP contribution is 2.18. The topological polar surface area (TPSA) is 79.8 Å². The lowest BCUT2D eigenvalue weighted by Gasteiger charge is -2.13. The molecule has 0 aliphatic carbocycles. The third kappa shape index (κ3) is 8.61. The van der Waals surface area contributed by atoms with Crippen LogP contribution in [0.4, 0.5) is 0 Å². The maximum atomic E-state index is 11.5. The number of hydrogen-bond acceptors (Lipinski definition) is 4. The number of nitrogens with zero attached hydrogens (tertiary/aromatic N) is 1. The predicted octanol–water partition coefficient (Wildman–Crippen LogP) is 3.06. The van der Waals surface area contributed by atoms with Crippen molar-refractivity contribution in [3.63, 3.8) is 0 Å². The molecule has 8 heteroatoms. The fraction of sp³-hybridized carbons (Fsp3) is 0.381. The second-order valence-corrected chi connectivity index (χ2v) is 8.40. The van der Waals surface area contributed by atoms with E-state index in [0.717, 1.165) is 36.7 Å². The van der Waals surface area contributed by atoms with E-state index in [1.165, 1.54) is 11.8 Å². The Morgan fingerprint density at radius 2 is 1.62 bits per heavy atom. The van der Waals surface area contributed by atoms with Crippen LogP contribution < -0.4 is 15.4 Å². The van der Waals surface area contributed by atoms with Crippen molar-refractivity contribution in [2.45, 2.75) is 24.7 Å². The van der Waals surface area contributed by atoms with Crippen LogP contribution in [0, 0.1) is 0 Å². The van der Waals surface area contributed by atoms with E-state index >= 15 is 0 Å². The Kier molecular flexibility index (Phi) is 11.0. The molecule has 0 atom stereocenters. The first-order valence-corrected chi connectivity index (χ1v) is 11.3. The van der Waals surface area contributed by atoms with E-state index in [-0.39, 0.29) is 24.0 Å². The lowest BCUT2D eigenvalue weighted by atomic mass is 10.1. The van der Waals surface area contributed by atoms with Crippen LogP contribution in [0.5, 0.6) is 5.75 Å². The number of nitrogens with one attached hydrogen (secondary N) is 2. The normalized spacial score (nSPS) is 11.5. The van der Waals surface area contributed by atoms with E-state index in [1.54, 1.807) is 19.2 Å². The van der Waals surface area contributed by atoms with Crippen LogP contribution in [-0.2, 0) is 22.7 Å². The van der Waals surface area contributed by atoms with Crippen LogP contribution in [0.15, 0.2) is 58.4 Å². The van der Waals surface area contributed by atoms with E-state index in [2.05, 4.69) is 21.7 Å². The molecule has 29 heavy (non-hydrogen) atoms. The third-order valence-corrected chi connectivity index (χ3v) is 5.37. The molecule has 2 aromatic rings. The van der Waals surface area contributed by atoms with Crippen LogP contribution in [0.1, 0.15) is 18.1 Å². The number of benzene rings is 2. The van der Waals surface area contributed by atoms with Crippen molar-refractivity contribution in [2.75, 3.05) is 33.0 Å². The third-order valence-electron chi connectivity index (χ3n) is 4.24. The molecule has 6 nitrogen and oxygen atoms in total. The number of aliphatic imine (C=N–C) groups is 1. The first-order chi connectivity index (χ1) is 13.4. The first kappa shape index (κ1) is 25.2. The number of hydrogen-bond donors (Lipinski definition) is 2. The molecule has 2 rings (SSSR count). The van der Waals surface area contributed by atoms with E-state index in [4.69, 9.17) is 4.74 Å². The number of ether oxygens (including phenoxy) is 1. The SMILES string of the molecule is CCOc1ccccc1CCNC(=NC)NCCc1ccc(S(C)(=O)=O)cc1.I. The first-order valence-electron chi connectivity index (χ1n) is 9.38. The molecule has 2 aromatic carbocycles. The summed E-state index contributed by atoms with van der Waals surface area (Å²) in [5.74, 6) is 1.66. The fourth-order valence-electron chi connectivity index (χ4n) is 2.77. The Labute approximate surface area is 191 Å². The summed E-state index contributed by atoms with van der Waals surface area (Å²) >= 11 is 0. The summed E-state index contributed by atoms with van der Waals surface area (Å²) in [6.07, 6.45) is 2.83. The standard InChI is InChI=1S/C21H29N3O3S.HI/c1-4-27-20-8-6-5-7-18(20)14-16-24-21(22-2)23-15-13-17-9-11-19(12-10-17)28(3,25)26;/h5-12H,4,13-16H2,1-3H3,(H2,22,23,24);1H. The summed E-state index contributed by atoms with van der Waals surface area (Å²) in [5.41, 5.74) is 2.24. The minimum atomic E-state index is -3.15. The van der Waals surface area contributed by atoms with Crippen molar-refractivity contribution in [1.29, 1.82) is 0 Å². The molecule has 0 radical (unpaired) electrons. The van der Waals surface area contributed by atoms with Crippen LogP contribution in [0.25, 0.3) is 0 Å². The van der Waals surface area contributed by atoms with E-state index in [9.17, 15) is 8.42 Å². The Morgan fingerprint density at radius 3 is 2.21 bits per heavy atom. The molecule has 160 valence electrons. The van der Waals surface area contributed by atoms with Gasteiger partial charge in [0, 0.05) is 26.4 Å². The molecule has 0 unspecified atom stereocenters. The van der Waals surface area contributed by atoms with Crippen molar-refractivity contribution < 1.29 is 13.2 Å². The summed E-state index contributed by atoms with van der Waals surface area (Å²) in [6.45, 7) is 4.08. The summed E-state index contributed by atoms with van der Waals surface area (Å²) in [6, 6.07) is 15.0. The molecule has 0 heterocycles. The Balaban J connectivity index is 0.00000420. The molecule has 2 N–H and O–H groups in total. The number of para-hydroxylation sites is 1. The average Bonchev–Trinajstić information content (AvgIpc) is 2.68. The van der Waals surface area contributed by atoms with Gasteiger partial charge in [-0.2, -0.15) is 0 Å².